The van der Waals surface area contributed by atoms with E-state index < -0.39 is 0 Å². The molecule has 4 nitrogen and oxygen atoms in total. The van der Waals surface area contributed by atoms with Crippen LogP contribution in [0.25, 0.3) is 0 Å². The van der Waals surface area contributed by atoms with E-state index in [9.17, 15) is 0 Å². The summed E-state index contributed by atoms with van der Waals surface area (Å²) in [6.07, 6.45) is 7.05. The Bertz CT molecular complexity index is 277. The summed E-state index contributed by atoms with van der Waals surface area (Å²) in [7, 11) is 0. The van der Waals surface area contributed by atoms with Gasteiger partial charge in [-0.25, -0.2) is 0 Å². The molecule has 3 atom stereocenters. The highest BCUT2D eigenvalue weighted by molar-refractivity contribution is 4.97. The highest BCUT2D eigenvalue weighted by Crippen LogP contribution is 2.29. The molecule has 0 spiro atoms. The van der Waals surface area contributed by atoms with Crippen LogP contribution in [0, 0.1) is 0 Å². The molecule has 0 amide bonds. The lowest BCUT2D eigenvalue weighted by Gasteiger charge is -2.42. The summed E-state index contributed by atoms with van der Waals surface area (Å²) in [6, 6.07) is 0. The van der Waals surface area contributed by atoms with Gasteiger partial charge in [-0.1, -0.05) is 13.3 Å². The van der Waals surface area contributed by atoms with Gasteiger partial charge in [0.15, 0.2) is 0 Å². The van der Waals surface area contributed by atoms with Crippen molar-refractivity contribution in [3.63, 3.8) is 0 Å². The van der Waals surface area contributed by atoms with Crippen molar-refractivity contribution in [1.82, 2.24) is 5.32 Å². The Labute approximate surface area is 117 Å². The first-order chi connectivity index (χ1) is 9.11. The van der Waals surface area contributed by atoms with Crippen LogP contribution in [0.15, 0.2) is 0 Å². The van der Waals surface area contributed by atoms with E-state index in [0.717, 1.165) is 45.4 Å². The fourth-order valence-corrected chi connectivity index (χ4v) is 3.29. The average Bonchev–Trinajstić information content (AvgIpc) is 2.85. The third-order valence-corrected chi connectivity index (χ3v) is 4.69. The molecule has 2 aliphatic rings. The van der Waals surface area contributed by atoms with Crippen molar-refractivity contribution in [1.29, 1.82) is 0 Å². The van der Waals surface area contributed by atoms with Gasteiger partial charge in [-0.3, -0.25) is 0 Å². The summed E-state index contributed by atoms with van der Waals surface area (Å²) in [4.78, 5) is 0. The zero-order chi connectivity index (χ0) is 13.8. The molecule has 4 heteroatoms. The lowest BCUT2D eigenvalue weighted by Crippen LogP contribution is -2.59. The summed E-state index contributed by atoms with van der Waals surface area (Å²) >= 11 is 0. The number of nitrogens with two attached hydrogens (primary N) is 1. The molecule has 2 aliphatic heterocycles. The van der Waals surface area contributed by atoms with Crippen molar-refractivity contribution < 1.29 is 9.47 Å². The Morgan fingerprint density at radius 1 is 1.32 bits per heavy atom. The molecule has 112 valence electrons. The predicted octanol–water partition coefficient (Wildman–Crippen LogP) is 1.82. The molecule has 0 saturated carbocycles. The SMILES string of the molecule is CCCC1CC(CN)(NCC2(C)CCCO2)CCO1. The molecule has 3 N–H and O–H groups in total. The highest BCUT2D eigenvalue weighted by Gasteiger charge is 2.38. The molecule has 0 radical (unpaired) electrons. The Kier molecular flexibility index (Phi) is 5.23. The summed E-state index contributed by atoms with van der Waals surface area (Å²) in [5, 5.41) is 3.73. The van der Waals surface area contributed by atoms with Crippen LogP contribution in [0.2, 0.25) is 0 Å². The molecular formula is C15H30N2O2. The van der Waals surface area contributed by atoms with E-state index in [1.54, 1.807) is 0 Å². The standard InChI is InChI=1S/C15H30N2O2/c1-3-5-13-10-15(11-16,7-9-18-13)17-12-14(2)6-4-8-19-14/h13,17H,3-12,16H2,1-2H3. The first-order valence-electron chi connectivity index (χ1n) is 7.82. The summed E-state index contributed by atoms with van der Waals surface area (Å²) in [5.74, 6) is 0. The second-order valence-corrected chi connectivity index (χ2v) is 6.48. The van der Waals surface area contributed by atoms with Gasteiger partial charge in [0, 0.05) is 31.8 Å². The summed E-state index contributed by atoms with van der Waals surface area (Å²) in [5.41, 5.74) is 6.12. The number of nitrogens with one attached hydrogen (secondary N) is 1. The first-order valence-corrected chi connectivity index (χ1v) is 7.82. The molecule has 19 heavy (non-hydrogen) atoms. The number of hydrogen-bond donors (Lipinski definition) is 2. The van der Waals surface area contributed by atoms with Gasteiger partial charge in [-0.2, -0.15) is 0 Å². The van der Waals surface area contributed by atoms with Crippen LogP contribution in [0.4, 0.5) is 0 Å². The van der Waals surface area contributed by atoms with Crippen molar-refractivity contribution in [3.8, 4) is 0 Å². The fourth-order valence-electron chi connectivity index (χ4n) is 3.29. The van der Waals surface area contributed by atoms with Gasteiger partial charge < -0.3 is 20.5 Å². The first kappa shape index (κ1) is 15.2. The smallest absolute Gasteiger partial charge is 0.0779 e. The van der Waals surface area contributed by atoms with E-state index in [1.807, 2.05) is 0 Å². The Hall–Kier alpha value is -0.160. The molecule has 0 aliphatic carbocycles. The van der Waals surface area contributed by atoms with Crippen LogP contribution in [-0.2, 0) is 9.47 Å². The van der Waals surface area contributed by atoms with Gasteiger partial charge in [0.25, 0.3) is 0 Å². The molecule has 0 bridgehead atoms. The third kappa shape index (κ3) is 3.91. The van der Waals surface area contributed by atoms with Gasteiger partial charge in [-0.05, 0) is 39.0 Å². The van der Waals surface area contributed by atoms with Gasteiger partial charge in [-0.15, -0.1) is 0 Å². The van der Waals surface area contributed by atoms with Crippen molar-refractivity contribution in [2.75, 3.05) is 26.3 Å². The molecule has 0 aromatic heterocycles. The monoisotopic (exact) mass is 270 g/mol. The lowest BCUT2D eigenvalue weighted by molar-refractivity contribution is -0.0417. The summed E-state index contributed by atoms with van der Waals surface area (Å²) < 4.78 is 11.7. The lowest BCUT2D eigenvalue weighted by atomic mass is 9.84. The second kappa shape index (κ2) is 6.53. The second-order valence-electron chi connectivity index (χ2n) is 6.48. The van der Waals surface area contributed by atoms with Gasteiger partial charge in [0.2, 0.25) is 0 Å². The minimum atomic E-state index is 0.000721. The fraction of sp³-hybridized carbons (Fsp3) is 1.00. The van der Waals surface area contributed by atoms with Crippen molar-refractivity contribution in [2.24, 2.45) is 5.73 Å². The Morgan fingerprint density at radius 2 is 2.16 bits per heavy atom. The van der Waals surface area contributed by atoms with E-state index in [1.165, 1.54) is 12.8 Å². The Balaban J connectivity index is 1.89. The van der Waals surface area contributed by atoms with E-state index in [4.69, 9.17) is 15.2 Å². The largest absolute Gasteiger partial charge is 0.378 e. The molecule has 2 heterocycles. The van der Waals surface area contributed by atoms with E-state index in [0.29, 0.717) is 12.6 Å². The maximum absolute atomic E-state index is 6.07. The number of ether oxygens (including phenoxy) is 2. The Morgan fingerprint density at radius 3 is 2.79 bits per heavy atom. The topological polar surface area (TPSA) is 56.5 Å². The van der Waals surface area contributed by atoms with Crippen LogP contribution < -0.4 is 11.1 Å². The van der Waals surface area contributed by atoms with Crippen molar-refractivity contribution in [3.05, 3.63) is 0 Å². The van der Waals surface area contributed by atoms with Crippen LogP contribution in [0.1, 0.15) is 52.4 Å². The van der Waals surface area contributed by atoms with E-state index >= 15 is 0 Å². The maximum atomic E-state index is 6.07. The molecule has 0 aromatic carbocycles. The minimum Gasteiger partial charge on any atom is -0.378 e. The van der Waals surface area contributed by atoms with Crippen LogP contribution >= 0.6 is 0 Å². The normalized spacial score (nSPS) is 39.6. The molecule has 2 fully saturated rings. The van der Waals surface area contributed by atoms with E-state index in [-0.39, 0.29) is 11.1 Å². The molecule has 2 rings (SSSR count). The number of rotatable bonds is 6. The highest BCUT2D eigenvalue weighted by atomic mass is 16.5. The molecular weight excluding hydrogens is 240 g/mol. The zero-order valence-electron chi connectivity index (χ0n) is 12.5. The van der Waals surface area contributed by atoms with Gasteiger partial charge >= 0.3 is 0 Å². The van der Waals surface area contributed by atoms with Crippen LogP contribution in [0.3, 0.4) is 0 Å². The van der Waals surface area contributed by atoms with Crippen molar-refractivity contribution >= 4 is 0 Å². The van der Waals surface area contributed by atoms with Gasteiger partial charge in [0.1, 0.15) is 0 Å². The van der Waals surface area contributed by atoms with Gasteiger partial charge in [0.05, 0.1) is 11.7 Å². The van der Waals surface area contributed by atoms with Crippen LogP contribution in [0.5, 0.6) is 0 Å². The molecule has 2 saturated heterocycles. The third-order valence-electron chi connectivity index (χ3n) is 4.69. The maximum Gasteiger partial charge on any atom is 0.0779 e. The molecule has 3 unspecified atom stereocenters. The van der Waals surface area contributed by atoms with Crippen molar-refractivity contribution in [2.45, 2.75) is 69.6 Å². The summed E-state index contributed by atoms with van der Waals surface area (Å²) in [6.45, 7) is 7.74. The minimum absolute atomic E-state index is 0.000721. The predicted molar refractivity (Wildman–Crippen MR) is 77.3 cm³/mol. The van der Waals surface area contributed by atoms with E-state index in [2.05, 4.69) is 19.2 Å². The number of hydrogen-bond acceptors (Lipinski definition) is 4. The zero-order valence-corrected chi connectivity index (χ0v) is 12.5. The average molecular weight is 270 g/mol. The quantitative estimate of drug-likeness (QED) is 0.773. The molecule has 0 aromatic rings. The van der Waals surface area contributed by atoms with Crippen LogP contribution in [-0.4, -0.2) is 43.5 Å².